The van der Waals surface area contributed by atoms with Crippen LogP contribution in [0.4, 0.5) is 15.8 Å². The van der Waals surface area contributed by atoms with E-state index >= 15 is 0 Å². The molecule has 1 heterocycles. The Morgan fingerprint density at radius 1 is 0.758 bits per heavy atom. The Balaban J connectivity index is 1.89. The number of anilines is 2. The lowest BCUT2D eigenvalue weighted by atomic mass is 10.0. The second kappa shape index (κ2) is 9.04. The monoisotopic (exact) mass is 448 g/mol. The molecule has 7 nitrogen and oxygen atoms in total. The van der Waals surface area contributed by atoms with Gasteiger partial charge in [0.25, 0.3) is 11.8 Å². The number of carbonyl (C=O) groups is 2. The molecular weight excluding hydrogens is 427 g/mol. The van der Waals surface area contributed by atoms with Crippen LogP contribution < -0.4 is 24.4 Å². The molecular formula is C25H21FN2O5. The molecule has 2 amide bonds. The zero-order chi connectivity index (χ0) is 23.5. The van der Waals surface area contributed by atoms with E-state index in [-0.39, 0.29) is 17.0 Å². The lowest BCUT2D eigenvalue weighted by Gasteiger charge is -2.16. The van der Waals surface area contributed by atoms with Crippen LogP contribution in [0.1, 0.15) is 5.56 Å². The first-order valence-corrected chi connectivity index (χ1v) is 10.00. The maximum absolute atomic E-state index is 14.6. The number of halogens is 1. The molecule has 0 bridgehead atoms. The fourth-order valence-electron chi connectivity index (χ4n) is 3.64. The van der Waals surface area contributed by atoms with Crippen LogP contribution in [0.15, 0.2) is 72.4 Å². The third-order valence-electron chi connectivity index (χ3n) is 5.22. The molecule has 0 aromatic heterocycles. The third-order valence-corrected chi connectivity index (χ3v) is 5.22. The van der Waals surface area contributed by atoms with Crippen LogP contribution in [0.3, 0.4) is 0 Å². The predicted octanol–water partition coefficient (Wildman–Crippen LogP) is 4.25. The minimum atomic E-state index is -0.694. The Bertz CT molecular complexity index is 1270. The minimum Gasteiger partial charge on any atom is -0.495 e. The first-order chi connectivity index (χ1) is 16.0. The van der Waals surface area contributed by atoms with Crippen LogP contribution in [-0.4, -0.2) is 33.1 Å². The zero-order valence-corrected chi connectivity index (χ0v) is 18.2. The molecule has 0 unspecified atom stereocenters. The maximum atomic E-state index is 14.6. The lowest BCUT2D eigenvalue weighted by Crippen LogP contribution is -2.33. The summed E-state index contributed by atoms with van der Waals surface area (Å²) in [4.78, 5) is 27.8. The number of hydrogen-bond acceptors (Lipinski definition) is 6. The summed E-state index contributed by atoms with van der Waals surface area (Å²) in [7, 11) is 4.46. The fourth-order valence-corrected chi connectivity index (χ4v) is 3.64. The highest BCUT2D eigenvalue weighted by molar-refractivity contribution is 6.46. The van der Waals surface area contributed by atoms with Crippen LogP contribution in [0.5, 0.6) is 17.2 Å². The van der Waals surface area contributed by atoms with Gasteiger partial charge in [0.05, 0.1) is 38.3 Å². The number of benzene rings is 3. The van der Waals surface area contributed by atoms with Crippen LogP contribution in [0, 0.1) is 5.82 Å². The Hall–Kier alpha value is -4.33. The molecule has 0 radical (unpaired) electrons. The van der Waals surface area contributed by atoms with Gasteiger partial charge in [0, 0.05) is 0 Å². The van der Waals surface area contributed by atoms with Crippen molar-refractivity contribution in [3.05, 3.63) is 83.8 Å². The van der Waals surface area contributed by atoms with Crippen molar-refractivity contribution in [2.24, 2.45) is 0 Å². The molecule has 4 rings (SSSR count). The lowest BCUT2D eigenvalue weighted by molar-refractivity contribution is -0.120. The minimum absolute atomic E-state index is 0.0139. The van der Waals surface area contributed by atoms with Gasteiger partial charge >= 0.3 is 0 Å². The highest BCUT2D eigenvalue weighted by atomic mass is 19.1. The van der Waals surface area contributed by atoms with Gasteiger partial charge in [-0.1, -0.05) is 30.3 Å². The molecule has 3 aromatic rings. The molecule has 33 heavy (non-hydrogen) atoms. The van der Waals surface area contributed by atoms with Gasteiger partial charge in [-0.3, -0.25) is 9.59 Å². The average molecular weight is 448 g/mol. The van der Waals surface area contributed by atoms with Gasteiger partial charge in [-0.15, -0.1) is 0 Å². The number of rotatable bonds is 7. The van der Waals surface area contributed by atoms with E-state index in [1.807, 2.05) is 0 Å². The van der Waals surface area contributed by atoms with Gasteiger partial charge in [-0.25, -0.2) is 9.29 Å². The van der Waals surface area contributed by atoms with Gasteiger partial charge < -0.3 is 19.5 Å². The topological polar surface area (TPSA) is 77.1 Å². The van der Waals surface area contributed by atoms with E-state index in [0.29, 0.717) is 28.5 Å². The largest absolute Gasteiger partial charge is 0.495 e. The van der Waals surface area contributed by atoms with E-state index in [4.69, 9.17) is 14.2 Å². The summed E-state index contributed by atoms with van der Waals surface area (Å²) >= 11 is 0. The quantitative estimate of drug-likeness (QED) is 0.545. The molecule has 1 aliphatic rings. The Kier molecular flexibility index (Phi) is 5.99. The molecule has 168 valence electrons. The van der Waals surface area contributed by atoms with Gasteiger partial charge in [0.1, 0.15) is 17.3 Å². The summed E-state index contributed by atoms with van der Waals surface area (Å²) in [5.74, 6) is -0.742. The standard InChI is InChI=1S/C25H21FN2O5/c1-31-19-11-7-5-9-17(19)27-23-22(15-12-13-20(32-2)21(14-15)33-3)24(29)28(25(23)30)18-10-6-4-8-16(18)26/h4-14,27H,1-3H3. The van der Waals surface area contributed by atoms with Crippen molar-refractivity contribution in [1.29, 1.82) is 0 Å². The number of para-hydroxylation sites is 3. The Labute approximate surface area is 190 Å². The molecule has 0 atom stereocenters. The second-order valence-electron chi connectivity index (χ2n) is 7.04. The fraction of sp³-hybridized carbons (Fsp3) is 0.120. The number of amides is 2. The predicted molar refractivity (Wildman–Crippen MR) is 122 cm³/mol. The number of ether oxygens (including phenoxy) is 3. The summed E-state index contributed by atoms with van der Waals surface area (Å²) in [5.41, 5.74) is 0.795. The van der Waals surface area contributed by atoms with Crippen molar-refractivity contribution < 1.29 is 28.2 Å². The van der Waals surface area contributed by atoms with Crippen molar-refractivity contribution in [1.82, 2.24) is 0 Å². The Morgan fingerprint density at radius 2 is 1.42 bits per heavy atom. The van der Waals surface area contributed by atoms with Gasteiger partial charge in [-0.05, 0) is 42.0 Å². The van der Waals surface area contributed by atoms with Crippen LogP contribution >= 0.6 is 0 Å². The van der Waals surface area contributed by atoms with E-state index in [2.05, 4.69) is 5.32 Å². The normalized spacial score (nSPS) is 13.4. The molecule has 8 heteroatoms. The highest BCUT2D eigenvalue weighted by Gasteiger charge is 2.41. The van der Waals surface area contributed by atoms with Gasteiger partial charge in [-0.2, -0.15) is 0 Å². The van der Waals surface area contributed by atoms with Gasteiger partial charge in [0.15, 0.2) is 11.5 Å². The SMILES string of the molecule is COc1ccccc1NC1=C(c2ccc(OC)c(OC)c2)C(=O)N(c2ccccc2F)C1=O. The first kappa shape index (κ1) is 21.9. The number of nitrogens with zero attached hydrogens (tertiary/aromatic N) is 1. The van der Waals surface area contributed by atoms with E-state index in [1.54, 1.807) is 48.5 Å². The zero-order valence-electron chi connectivity index (χ0n) is 18.2. The van der Waals surface area contributed by atoms with Crippen molar-refractivity contribution in [2.45, 2.75) is 0 Å². The van der Waals surface area contributed by atoms with E-state index < -0.39 is 17.6 Å². The van der Waals surface area contributed by atoms with E-state index in [0.717, 1.165) is 4.90 Å². The summed E-state index contributed by atoms with van der Waals surface area (Å²) in [5, 5.41) is 3.02. The van der Waals surface area contributed by atoms with Gasteiger partial charge in [0.2, 0.25) is 0 Å². The molecule has 0 fully saturated rings. The molecule has 0 saturated heterocycles. The number of nitrogens with one attached hydrogen (secondary N) is 1. The van der Waals surface area contributed by atoms with E-state index in [1.165, 1.54) is 39.5 Å². The molecule has 0 spiro atoms. The summed E-state index contributed by atoms with van der Waals surface area (Å²) in [6, 6.07) is 17.4. The Morgan fingerprint density at radius 3 is 2.12 bits per heavy atom. The molecule has 1 aliphatic heterocycles. The smallest absolute Gasteiger partial charge is 0.282 e. The number of methoxy groups -OCH3 is 3. The molecule has 0 aliphatic carbocycles. The summed E-state index contributed by atoms with van der Waals surface area (Å²) in [6.45, 7) is 0. The number of imide groups is 1. The van der Waals surface area contributed by atoms with E-state index in [9.17, 15) is 14.0 Å². The van der Waals surface area contributed by atoms with Crippen LogP contribution in [0.25, 0.3) is 5.57 Å². The van der Waals surface area contributed by atoms with Crippen molar-refractivity contribution in [3.63, 3.8) is 0 Å². The second-order valence-corrected chi connectivity index (χ2v) is 7.04. The molecule has 1 N–H and O–H groups in total. The molecule has 3 aromatic carbocycles. The van der Waals surface area contributed by atoms with Crippen molar-refractivity contribution in [2.75, 3.05) is 31.5 Å². The summed E-state index contributed by atoms with van der Waals surface area (Å²) in [6.07, 6.45) is 0. The van der Waals surface area contributed by atoms with Crippen molar-refractivity contribution in [3.8, 4) is 17.2 Å². The molecule has 0 saturated carbocycles. The highest BCUT2D eigenvalue weighted by Crippen LogP contribution is 2.38. The van der Waals surface area contributed by atoms with Crippen molar-refractivity contribution >= 4 is 28.8 Å². The van der Waals surface area contributed by atoms with Crippen LogP contribution in [-0.2, 0) is 9.59 Å². The number of hydrogen-bond donors (Lipinski definition) is 1. The number of carbonyl (C=O) groups excluding carboxylic acids is 2. The third kappa shape index (κ3) is 3.87. The summed E-state index contributed by atoms with van der Waals surface area (Å²) < 4.78 is 30.6. The first-order valence-electron chi connectivity index (χ1n) is 10.00. The maximum Gasteiger partial charge on any atom is 0.282 e. The average Bonchev–Trinajstić information content (AvgIpc) is 3.08. The van der Waals surface area contributed by atoms with Crippen LogP contribution in [0.2, 0.25) is 0 Å².